The highest BCUT2D eigenvalue weighted by Gasteiger charge is 2.32. The van der Waals surface area contributed by atoms with E-state index >= 15 is 0 Å². The topological polar surface area (TPSA) is 103 Å². The zero-order valence-electron chi connectivity index (χ0n) is 14.9. The summed E-state index contributed by atoms with van der Waals surface area (Å²) in [6.45, 7) is 3.10. The summed E-state index contributed by atoms with van der Waals surface area (Å²) in [7, 11) is 1.67. The van der Waals surface area contributed by atoms with Crippen molar-refractivity contribution in [3.05, 3.63) is 34.4 Å². The first-order chi connectivity index (χ1) is 12.1. The van der Waals surface area contributed by atoms with E-state index < -0.39 is 4.92 Å². The molecular formula is C17H26ClN3O5. The van der Waals surface area contributed by atoms with Crippen molar-refractivity contribution in [3.8, 4) is 5.75 Å². The van der Waals surface area contributed by atoms with Gasteiger partial charge in [0, 0.05) is 25.1 Å². The lowest BCUT2D eigenvalue weighted by atomic mass is 9.79. The molecule has 1 heterocycles. The summed E-state index contributed by atoms with van der Waals surface area (Å²) in [5.74, 6) is 0.0436. The average Bonchev–Trinajstić information content (AvgIpc) is 2.61. The molecule has 0 aliphatic carbocycles. The van der Waals surface area contributed by atoms with Crippen LogP contribution in [-0.4, -0.2) is 50.8 Å². The predicted molar refractivity (Wildman–Crippen MR) is 99.9 cm³/mol. The number of para-hydroxylation sites is 2. The van der Waals surface area contributed by atoms with Crippen molar-refractivity contribution in [2.75, 3.05) is 40.0 Å². The van der Waals surface area contributed by atoms with Crippen LogP contribution in [0.25, 0.3) is 0 Å². The third kappa shape index (κ3) is 6.44. The van der Waals surface area contributed by atoms with Gasteiger partial charge in [-0.3, -0.25) is 14.9 Å². The molecule has 2 N–H and O–H groups in total. The standard InChI is InChI=1S/C17H25N3O5.ClH/c1-24-13-17(7-9-18-10-8-17)12-19-16(21)6-11-25-15-5-3-2-4-14(15)20(22)23;/h2-5,18H,6-13H2,1H3,(H,19,21);1H. The Morgan fingerprint density at radius 3 is 2.69 bits per heavy atom. The fourth-order valence-electron chi connectivity index (χ4n) is 2.99. The first kappa shape index (κ1) is 22.1. The van der Waals surface area contributed by atoms with Crippen LogP contribution in [0, 0.1) is 15.5 Å². The maximum absolute atomic E-state index is 12.1. The van der Waals surface area contributed by atoms with Gasteiger partial charge in [-0.25, -0.2) is 0 Å². The molecular weight excluding hydrogens is 362 g/mol. The summed E-state index contributed by atoms with van der Waals surface area (Å²) in [5, 5.41) is 17.2. The second kappa shape index (κ2) is 10.9. The Morgan fingerprint density at radius 2 is 2.04 bits per heavy atom. The van der Waals surface area contributed by atoms with Gasteiger partial charge in [-0.2, -0.15) is 0 Å². The molecule has 1 aliphatic rings. The van der Waals surface area contributed by atoms with Crippen LogP contribution in [0.15, 0.2) is 24.3 Å². The average molecular weight is 388 g/mol. The Hall–Kier alpha value is -1.90. The van der Waals surface area contributed by atoms with Crippen molar-refractivity contribution in [1.82, 2.24) is 10.6 Å². The zero-order chi connectivity index (χ0) is 18.1. The molecule has 0 aromatic heterocycles. The number of carbonyl (C=O) groups is 1. The largest absolute Gasteiger partial charge is 0.486 e. The third-order valence-corrected chi connectivity index (χ3v) is 4.42. The van der Waals surface area contributed by atoms with Gasteiger partial charge in [-0.15, -0.1) is 12.4 Å². The molecule has 0 saturated carbocycles. The van der Waals surface area contributed by atoms with E-state index in [1.54, 1.807) is 19.2 Å². The summed E-state index contributed by atoms with van der Waals surface area (Å²) in [6.07, 6.45) is 2.05. The molecule has 1 saturated heterocycles. The highest BCUT2D eigenvalue weighted by molar-refractivity contribution is 5.85. The molecule has 146 valence electrons. The Morgan fingerprint density at radius 1 is 1.35 bits per heavy atom. The molecule has 8 nitrogen and oxygen atoms in total. The second-order valence-corrected chi connectivity index (χ2v) is 6.28. The molecule has 0 radical (unpaired) electrons. The smallest absolute Gasteiger partial charge is 0.310 e. The SMILES string of the molecule is COCC1(CNC(=O)CCOc2ccccc2[N+](=O)[O-])CCNCC1.Cl. The number of hydrogen-bond acceptors (Lipinski definition) is 6. The molecule has 0 atom stereocenters. The van der Waals surface area contributed by atoms with Crippen LogP contribution < -0.4 is 15.4 Å². The second-order valence-electron chi connectivity index (χ2n) is 6.28. The highest BCUT2D eigenvalue weighted by Crippen LogP contribution is 2.28. The van der Waals surface area contributed by atoms with Crippen molar-refractivity contribution >= 4 is 24.0 Å². The number of nitrogens with zero attached hydrogens (tertiary/aromatic N) is 1. The van der Waals surface area contributed by atoms with Gasteiger partial charge in [-0.1, -0.05) is 12.1 Å². The highest BCUT2D eigenvalue weighted by atomic mass is 35.5. The molecule has 2 rings (SSSR count). The molecule has 1 aromatic rings. The molecule has 26 heavy (non-hydrogen) atoms. The lowest BCUT2D eigenvalue weighted by Crippen LogP contribution is -2.47. The van der Waals surface area contributed by atoms with Crippen LogP contribution in [0.4, 0.5) is 5.69 Å². The number of benzene rings is 1. The predicted octanol–water partition coefficient (Wildman–Crippen LogP) is 1.92. The van der Waals surface area contributed by atoms with E-state index in [0.29, 0.717) is 13.2 Å². The lowest BCUT2D eigenvalue weighted by Gasteiger charge is -2.37. The number of methoxy groups -OCH3 is 1. The summed E-state index contributed by atoms with van der Waals surface area (Å²) < 4.78 is 10.7. The van der Waals surface area contributed by atoms with Gasteiger partial charge in [0.25, 0.3) is 0 Å². The number of nitro groups is 1. The Kier molecular flexibility index (Phi) is 9.32. The summed E-state index contributed by atoms with van der Waals surface area (Å²) in [4.78, 5) is 22.5. The van der Waals surface area contributed by atoms with E-state index in [1.165, 1.54) is 12.1 Å². The minimum Gasteiger partial charge on any atom is -0.486 e. The number of carbonyl (C=O) groups excluding carboxylic acids is 1. The van der Waals surface area contributed by atoms with Crippen molar-refractivity contribution in [1.29, 1.82) is 0 Å². The first-order valence-electron chi connectivity index (χ1n) is 8.39. The zero-order valence-corrected chi connectivity index (χ0v) is 15.7. The molecule has 0 unspecified atom stereocenters. The van der Waals surface area contributed by atoms with Gasteiger partial charge < -0.3 is 20.1 Å². The molecule has 1 aromatic carbocycles. The van der Waals surface area contributed by atoms with Crippen LogP contribution in [0.2, 0.25) is 0 Å². The number of nitro benzene ring substituents is 1. The van der Waals surface area contributed by atoms with Gasteiger partial charge in [0.1, 0.15) is 0 Å². The maximum Gasteiger partial charge on any atom is 0.310 e. The minimum absolute atomic E-state index is 0. The van der Waals surface area contributed by atoms with Crippen molar-refractivity contribution in [2.24, 2.45) is 5.41 Å². The van der Waals surface area contributed by atoms with Crippen LogP contribution in [0.3, 0.4) is 0 Å². The Bertz CT molecular complexity index is 588. The van der Waals surface area contributed by atoms with E-state index in [0.717, 1.165) is 25.9 Å². The molecule has 1 amide bonds. The number of hydrogen-bond donors (Lipinski definition) is 2. The Balaban J connectivity index is 0.00000338. The van der Waals surface area contributed by atoms with E-state index in [1.807, 2.05) is 0 Å². The number of halogens is 1. The van der Waals surface area contributed by atoms with Crippen LogP contribution >= 0.6 is 12.4 Å². The normalized spacial score (nSPS) is 15.6. The van der Waals surface area contributed by atoms with Gasteiger partial charge in [0.2, 0.25) is 5.91 Å². The van der Waals surface area contributed by atoms with Crippen molar-refractivity contribution < 1.29 is 19.2 Å². The van der Waals surface area contributed by atoms with E-state index in [2.05, 4.69) is 10.6 Å². The number of ether oxygens (including phenoxy) is 2. The van der Waals surface area contributed by atoms with Gasteiger partial charge in [0.05, 0.1) is 24.6 Å². The summed E-state index contributed by atoms with van der Waals surface area (Å²) in [6, 6.07) is 6.14. The molecule has 0 spiro atoms. The van der Waals surface area contributed by atoms with Crippen LogP contribution in [0.1, 0.15) is 19.3 Å². The monoisotopic (exact) mass is 387 g/mol. The first-order valence-corrected chi connectivity index (χ1v) is 8.39. The number of rotatable bonds is 9. The van der Waals surface area contributed by atoms with Gasteiger partial charge in [-0.05, 0) is 32.0 Å². The fraction of sp³-hybridized carbons (Fsp3) is 0.588. The maximum atomic E-state index is 12.1. The van der Waals surface area contributed by atoms with Crippen LogP contribution in [-0.2, 0) is 9.53 Å². The van der Waals surface area contributed by atoms with Gasteiger partial charge in [0.15, 0.2) is 5.75 Å². The minimum atomic E-state index is -0.499. The summed E-state index contributed by atoms with van der Waals surface area (Å²) >= 11 is 0. The van der Waals surface area contributed by atoms with E-state index in [9.17, 15) is 14.9 Å². The lowest BCUT2D eigenvalue weighted by molar-refractivity contribution is -0.385. The molecule has 1 aliphatic heterocycles. The molecule has 1 fully saturated rings. The van der Waals surface area contributed by atoms with Crippen molar-refractivity contribution in [2.45, 2.75) is 19.3 Å². The van der Waals surface area contributed by atoms with Crippen LogP contribution in [0.5, 0.6) is 5.75 Å². The van der Waals surface area contributed by atoms with E-state index in [4.69, 9.17) is 9.47 Å². The number of nitrogens with one attached hydrogen (secondary N) is 2. The summed E-state index contributed by atoms with van der Waals surface area (Å²) in [5.41, 5.74) is -0.133. The van der Waals surface area contributed by atoms with E-state index in [-0.39, 0.29) is 48.2 Å². The number of piperidine rings is 1. The molecule has 9 heteroatoms. The number of amides is 1. The fourth-order valence-corrected chi connectivity index (χ4v) is 2.99. The quantitative estimate of drug-likeness (QED) is 0.495. The molecule has 0 bridgehead atoms. The van der Waals surface area contributed by atoms with Gasteiger partial charge >= 0.3 is 5.69 Å². The Labute approximate surface area is 159 Å². The van der Waals surface area contributed by atoms with Crippen molar-refractivity contribution in [3.63, 3.8) is 0 Å². The third-order valence-electron chi connectivity index (χ3n) is 4.42.